The number of nitrogens with one attached hydrogen (secondary N) is 2. The Hall–Kier alpha value is -3.32. The van der Waals surface area contributed by atoms with Crippen LogP contribution in [-0.4, -0.2) is 22.7 Å². The lowest BCUT2D eigenvalue weighted by molar-refractivity contribution is 0.0950. The van der Waals surface area contributed by atoms with Crippen molar-refractivity contribution in [2.24, 2.45) is 0 Å². The first kappa shape index (κ1) is 18.1. The molecule has 0 atom stereocenters. The minimum atomic E-state index is -0.261. The highest BCUT2D eigenvalue weighted by Crippen LogP contribution is 2.32. The Kier molecular flexibility index (Phi) is 4.99. The second-order valence-electron chi connectivity index (χ2n) is 6.25. The third kappa shape index (κ3) is 3.99. The quantitative estimate of drug-likeness (QED) is 0.681. The maximum Gasteiger partial charge on any atom is 0.254 e. The largest absolute Gasteiger partial charge is 0.454 e. The van der Waals surface area contributed by atoms with E-state index in [4.69, 9.17) is 21.1 Å². The Bertz CT molecular complexity index is 1020. The van der Waals surface area contributed by atoms with Gasteiger partial charge in [-0.3, -0.25) is 4.79 Å². The van der Waals surface area contributed by atoms with Crippen molar-refractivity contribution in [3.05, 3.63) is 70.5 Å². The van der Waals surface area contributed by atoms with Gasteiger partial charge in [0, 0.05) is 29.6 Å². The zero-order valence-corrected chi connectivity index (χ0v) is 15.8. The topological polar surface area (TPSA) is 85.4 Å². The van der Waals surface area contributed by atoms with Crippen molar-refractivity contribution in [2.75, 3.05) is 12.1 Å². The number of benzene rings is 2. The molecule has 0 radical (unpaired) electrons. The number of anilines is 2. The fourth-order valence-corrected chi connectivity index (χ4v) is 2.87. The van der Waals surface area contributed by atoms with Gasteiger partial charge in [-0.05, 0) is 42.3 Å². The normalized spacial score (nSPS) is 11.9. The molecule has 142 valence electrons. The van der Waals surface area contributed by atoms with Crippen LogP contribution in [0.25, 0.3) is 0 Å². The summed E-state index contributed by atoms with van der Waals surface area (Å²) in [5, 5.41) is 6.55. The molecule has 8 heteroatoms. The molecule has 0 saturated heterocycles. The Morgan fingerprint density at radius 1 is 1.11 bits per heavy atom. The predicted molar refractivity (Wildman–Crippen MR) is 105 cm³/mol. The number of aromatic nitrogens is 2. The van der Waals surface area contributed by atoms with Gasteiger partial charge in [-0.2, -0.15) is 0 Å². The Morgan fingerprint density at radius 3 is 2.71 bits per heavy atom. The highest BCUT2D eigenvalue weighted by atomic mass is 35.5. The van der Waals surface area contributed by atoms with Crippen LogP contribution in [0, 0.1) is 6.92 Å². The molecule has 0 unspecified atom stereocenters. The molecule has 0 fully saturated rings. The second-order valence-corrected chi connectivity index (χ2v) is 6.69. The summed E-state index contributed by atoms with van der Waals surface area (Å²) >= 11 is 6.02. The molecule has 28 heavy (non-hydrogen) atoms. The highest BCUT2D eigenvalue weighted by Gasteiger charge is 2.14. The molecule has 2 N–H and O–H groups in total. The lowest BCUT2D eigenvalue weighted by atomic mass is 10.2. The predicted octanol–water partition coefficient (Wildman–Crippen LogP) is 3.84. The molecule has 4 rings (SSSR count). The first-order valence-electron chi connectivity index (χ1n) is 8.60. The standard InChI is InChI=1S/C20H17ClN4O3/c1-12-2-4-15(21)7-16(12)25-20-23-9-14(10-24-20)19(26)22-8-13-3-5-17-18(6-13)28-11-27-17/h2-7,9-10H,8,11H2,1H3,(H,22,26)(H,23,24,25). The lowest BCUT2D eigenvalue weighted by Gasteiger charge is -2.09. The average Bonchev–Trinajstić information content (AvgIpc) is 3.17. The number of rotatable bonds is 5. The van der Waals surface area contributed by atoms with E-state index in [2.05, 4.69) is 20.6 Å². The van der Waals surface area contributed by atoms with Crippen LogP contribution < -0.4 is 20.1 Å². The van der Waals surface area contributed by atoms with Crippen molar-refractivity contribution >= 4 is 29.1 Å². The van der Waals surface area contributed by atoms with Gasteiger partial charge in [-0.1, -0.05) is 23.7 Å². The summed E-state index contributed by atoms with van der Waals surface area (Å²) in [6, 6.07) is 11.1. The number of carbonyl (C=O) groups is 1. The summed E-state index contributed by atoms with van der Waals surface area (Å²) in [4.78, 5) is 20.7. The maximum atomic E-state index is 12.3. The van der Waals surface area contributed by atoms with Gasteiger partial charge in [0.1, 0.15) is 0 Å². The Labute approximate surface area is 166 Å². The number of nitrogens with zero attached hydrogens (tertiary/aromatic N) is 2. The minimum absolute atomic E-state index is 0.220. The molecule has 3 aromatic rings. The van der Waals surface area contributed by atoms with Gasteiger partial charge >= 0.3 is 0 Å². The van der Waals surface area contributed by atoms with Gasteiger partial charge in [0.15, 0.2) is 11.5 Å². The number of amides is 1. The van der Waals surface area contributed by atoms with Crippen LogP contribution in [0.3, 0.4) is 0 Å². The molecule has 0 aliphatic carbocycles. The van der Waals surface area contributed by atoms with Crippen LogP contribution in [0.4, 0.5) is 11.6 Å². The summed E-state index contributed by atoms with van der Waals surface area (Å²) in [6.07, 6.45) is 2.95. The third-order valence-electron chi connectivity index (χ3n) is 4.25. The number of hydrogen-bond donors (Lipinski definition) is 2. The molecule has 2 heterocycles. The molecule has 1 aliphatic heterocycles. The zero-order valence-electron chi connectivity index (χ0n) is 15.0. The van der Waals surface area contributed by atoms with Crippen LogP contribution in [0.2, 0.25) is 5.02 Å². The average molecular weight is 397 g/mol. The van der Waals surface area contributed by atoms with Crippen molar-refractivity contribution in [3.63, 3.8) is 0 Å². The molecule has 1 aromatic heterocycles. The van der Waals surface area contributed by atoms with Gasteiger partial charge in [0.2, 0.25) is 12.7 Å². The molecule has 0 spiro atoms. The van der Waals surface area contributed by atoms with E-state index in [9.17, 15) is 4.79 Å². The number of hydrogen-bond acceptors (Lipinski definition) is 6. The molecular weight excluding hydrogens is 380 g/mol. The van der Waals surface area contributed by atoms with Crippen LogP contribution in [0.5, 0.6) is 11.5 Å². The SMILES string of the molecule is Cc1ccc(Cl)cc1Nc1ncc(C(=O)NCc2ccc3c(c2)OCO3)cn1. The summed E-state index contributed by atoms with van der Waals surface area (Å²) in [5.41, 5.74) is 3.11. The van der Waals surface area contributed by atoms with Gasteiger partial charge < -0.3 is 20.1 Å². The fraction of sp³-hybridized carbons (Fsp3) is 0.150. The van der Waals surface area contributed by atoms with Gasteiger partial charge in [0.05, 0.1) is 5.56 Å². The number of aryl methyl sites for hydroxylation is 1. The summed E-state index contributed by atoms with van der Waals surface area (Å²) in [5.74, 6) is 1.52. The Balaban J connectivity index is 1.38. The zero-order chi connectivity index (χ0) is 19.5. The van der Waals surface area contributed by atoms with E-state index in [1.165, 1.54) is 12.4 Å². The van der Waals surface area contributed by atoms with Gasteiger partial charge in [0.25, 0.3) is 5.91 Å². The van der Waals surface area contributed by atoms with E-state index in [1.807, 2.05) is 37.3 Å². The lowest BCUT2D eigenvalue weighted by Crippen LogP contribution is -2.23. The molecule has 1 amide bonds. The van der Waals surface area contributed by atoms with E-state index in [0.717, 1.165) is 16.8 Å². The van der Waals surface area contributed by atoms with Crippen molar-refractivity contribution in [2.45, 2.75) is 13.5 Å². The number of carbonyl (C=O) groups excluding carboxylic acids is 1. The van der Waals surface area contributed by atoms with E-state index in [-0.39, 0.29) is 12.7 Å². The Morgan fingerprint density at radius 2 is 1.89 bits per heavy atom. The second kappa shape index (κ2) is 7.74. The number of fused-ring (bicyclic) bond motifs is 1. The molecule has 2 aromatic carbocycles. The van der Waals surface area contributed by atoms with E-state index in [0.29, 0.717) is 34.6 Å². The van der Waals surface area contributed by atoms with Crippen LogP contribution >= 0.6 is 11.6 Å². The summed E-state index contributed by atoms with van der Waals surface area (Å²) in [6.45, 7) is 2.53. The molecular formula is C20H17ClN4O3. The van der Waals surface area contributed by atoms with Gasteiger partial charge in [-0.15, -0.1) is 0 Å². The maximum absolute atomic E-state index is 12.3. The molecule has 1 aliphatic rings. The monoisotopic (exact) mass is 396 g/mol. The van der Waals surface area contributed by atoms with Crippen molar-refractivity contribution in [1.82, 2.24) is 15.3 Å². The van der Waals surface area contributed by atoms with Crippen LogP contribution in [0.1, 0.15) is 21.5 Å². The minimum Gasteiger partial charge on any atom is -0.454 e. The molecule has 0 bridgehead atoms. The van der Waals surface area contributed by atoms with E-state index in [1.54, 1.807) is 6.07 Å². The highest BCUT2D eigenvalue weighted by molar-refractivity contribution is 6.30. The smallest absolute Gasteiger partial charge is 0.254 e. The molecule has 0 saturated carbocycles. The van der Waals surface area contributed by atoms with Crippen LogP contribution in [0.15, 0.2) is 48.8 Å². The number of halogens is 1. The van der Waals surface area contributed by atoms with Crippen molar-refractivity contribution < 1.29 is 14.3 Å². The van der Waals surface area contributed by atoms with Gasteiger partial charge in [-0.25, -0.2) is 9.97 Å². The third-order valence-corrected chi connectivity index (χ3v) is 4.49. The van der Waals surface area contributed by atoms with E-state index >= 15 is 0 Å². The molecule has 7 nitrogen and oxygen atoms in total. The van der Waals surface area contributed by atoms with E-state index < -0.39 is 0 Å². The first-order valence-corrected chi connectivity index (χ1v) is 8.98. The number of ether oxygens (including phenoxy) is 2. The van der Waals surface area contributed by atoms with Crippen molar-refractivity contribution in [1.29, 1.82) is 0 Å². The van der Waals surface area contributed by atoms with Crippen LogP contribution in [-0.2, 0) is 6.54 Å². The summed E-state index contributed by atoms with van der Waals surface area (Å²) in [7, 11) is 0. The first-order chi connectivity index (χ1) is 13.6. The summed E-state index contributed by atoms with van der Waals surface area (Å²) < 4.78 is 10.6. The fourth-order valence-electron chi connectivity index (χ4n) is 2.69. The van der Waals surface area contributed by atoms with Crippen molar-refractivity contribution in [3.8, 4) is 11.5 Å².